The van der Waals surface area contributed by atoms with Crippen molar-refractivity contribution < 1.29 is 17.9 Å². The molecule has 0 unspecified atom stereocenters. The number of ether oxygens (including phenoxy) is 2. The van der Waals surface area contributed by atoms with E-state index in [1.165, 1.54) is 22.9 Å². The van der Waals surface area contributed by atoms with E-state index in [1.54, 1.807) is 12.1 Å². The van der Waals surface area contributed by atoms with Gasteiger partial charge in [-0.25, -0.2) is 8.42 Å². The molecule has 0 saturated carbocycles. The first-order valence-corrected chi connectivity index (χ1v) is 11.0. The third kappa shape index (κ3) is 3.27. The molecule has 1 aliphatic heterocycles. The molecule has 0 aromatic heterocycles. The minimum atomic E-state index is -3.23. The zero-order chi connectivity index (χ0) is 20.1. The van der Waals surface area contributed by atoms with Gasteiger partial charge in [-0.2, -0.15) is 0 Å². The SMILES string of the molecule is Cc1cc(-c2cc3c(cc2-c2ccc(S(C)(=O)=O)cc2)OCO3)cc(C)c1C. The van der Waals surface area contributed by atoms with Gasteiger partial charge in [0, 0.05) is 6.26 Å². The Bertz CT molecular complexity index is 1150. The fraction of sp³-hybridized carbons (Fsp3) is 0.217. The zero-order valence-electron chi connectivity index (χ0n) is 16.4. The molecule has 144 valence electrons. The minimum absolute atomic E-state index is 0.206. The van der Waals surface area contributed by atoms with Crippen molar-refractivity contribution in [1.29, 1.82) is 0 Å². The number of fused-ring (bicyclic) bond motifs is 1. The van der Waals surface area contributed by atoms with Crippen molar-refractivity contribution in [2.24, 2.45) is 0 Å². The van der Waals surface area contributed by atoms with Gasteiger partial charge in [-0.3, -0.25) is 0 Å². The van der Waals surface area contributed by atoms with Gasteiger partial charge in [0.2, 0.25) is 6.79 Å². The topological polar surface area (TPSA) is 52.6 Å². The lowest BCUT2D eigenvalue weighted by atomic mass is 9.90. The van der Waals surface area contributed by atoms with Crippen LogP contribution in [0.25, 0.3) is 22.3 Å². The van der Waals surface area contributed by atoms with Crippen LogP contribution in [0.5, 0.6) is 11.5 Å². The molecule has 0 fully saturated rings. The van der Waals surface area contributed by atoms with Crippen LogP contribution in [0.3, 0.4) is 0 Å². The number of aryl methyl sites for hydroxylation is 2. The largest absolute Gasteiger partial charge is 0.454 e. The first-order valence-electron chi connectivity index (χ1n) is 9.06. The predicted molar refractivity (Wildman–Crippen MR) is 111 cm³/mol. The third-order valence-electron chi connectivity index (χ3n) is 5.34. The molecule has 1 heterocycles. The highest BCUT2D eigenvalue weighted by molar-refractivity contribution is 7.90. The van der Waals surface area contributed by atoms with Crippen LogP contribution in [0, 0.1) is 20.8 Å². The lowest BCUT2D eigenvalue weighted by Crippen LogP contribution is -1.96. The quantitative estimate of drug-likeness (QED) is 0.622. The van der Waals surface area contributed by atoms with Gasteiger partial charge in [0.1, 0.15) is 0 Å². The van der Waals surface area contributed by atoms with Gasteiger partial charge < -0.3 is 9.47 Å². The van der Waals surface area contributed by atoms with Crippen LogP contribution in [0.2, 0.25) is 0 Å². The molecule has 5 heteroatoms. The Kier molecular flexibility index (Phi) is 4.42. The second-order valence-corrected chi connectivity index (χ2v) is 9.30. The summed E-state index contributed by atoms with van der Waals surface area (Å²) < 4.78 is 34.8. The minimum Gasteiger partial charge on any atom is -0.454 e. The van der Waals surface area contributed by atoms with Gasteiger partial charge in [0.25, 0.3) is 0 Å². The molecule has 0 amide bonds. The van der Waals surface area contributed by atoms with E-state index < -0.39 is 9.84 Å². The van der Waals surface area contributed by atoms with Crippen LogP contribution in [0.15, 0.2) is 53.4 Å². The van der Waals surface area contributed by atoms with E-state index in [0.29, 0.717) is 10.6 Å². The molecule has 0 spiro atoms. The molecule has 28 heavy (non-hydrogen) atoms. The van der Waals surface area contributed by atoms with Crippen molar-refractivity contribution in [2.45, 2.75) is 25.7 Å². The lowest BCUT2D eigenvalue weighted by molar-refractivity contribution is 0.174. The third-order valence-corrected chi connectivity index (χ3v) is 6.47. The van der Waals surface area contributed by atoms with E-state index in [0.717, 1.165) is 28.0 Å². The molecular weight excluding hydrogens is 372 g/mol. The number of benzene rings is 3. The lowest BCUT2D eigenvalue weighted by Gasteiger charge is -2.15. The van der Waals surface area contributed by atoms with Gasteiger partial charge >= 0.3 is 0 Å². The Labute approximate surface area is 165 Å². The summed E-state index contributed by atoms with van der Waals surface area (Å²) in [6, 6.07) is 15.3. The molecule has 3 aromatic rings. The molecule has 4 nitrogen and oxygen atoms in total. The maximum atomic E-state index is 11.8. The van der Waals surface area contributed by atoms with E-state index in [1.807, 2.05) is 24.3 Å². The Morgan fingerprint density at radius 2 is 1.25 bits per heavy atom. The number of sulfone groups is 1. The Morgan fingerprint density at radius 1 is 0.750 bits per heavy atom. The highest BCUT2D eigenvalue weighted by Gasteiger charge is 2.20. The summed E-state index contributed by atoms with van der Waals surface area (Å²) in [6.45, 7) is 6.55. The molecule has 1 aliphatic rings. The van der Waals surface area contributed by atoms with Crippen molar-refractivity contribution in [3.63, 3.8) is 0 Å². The van der Waals surface area contributed by atoms with Crippen molar-refractivity contribution in [3.05, 3.63) is 65.2 Å². The monoisotopic (exact) mass is 394 g/mol. The standard InChI is InChI=1S/C23H22O4S/c1-14-9-18(10-15(2)16(14)3)21-12-23-22(26-13-27-23)11-20(21)17-5-7-19(8-6-17)28(4,24)25/h5-12H,13H2,1-4H3. The van der Waals surface area contributed by atoms with Gasteiger partial charge in [0.15, 0.2) is 21.3 Å². The second-order valence-electron chi connectivity index (χ2n) is 7.28. The van der Waals surface area contributed by atoms with E-state index in [-0.39, 0.29) is 6.79 Å². The van der Waals surface area contributed by atoms with Crippen LogP contribution < -0.4 is 9.47 Å². The molecule has 4 rings (SSSR count). The molecule has 0 bridgehead atoms. The first-order chi connectivity index (χ1) is 13.2. The smallest absolute Gasteiger partial charge is 0.231 e. The van der Waals surface area contributed by atoms with Crippen molar-refractivity contribution in [3.8, 4) is 33.8 Å². The maximum Gasteiger partial charge on any atom is 0.231 e. The van der Waals surface area contributed by atoms with E-state index in [2.05, 4.69) is 32.9 Å². The zero-order valence-corrected chi connectivity index (χ0v) is 17.2. The fourth-order valence-electron chi connectivity index (χ4n) is 3.49. The van der Waals surface area contributed by atoms with Crippen molar-refractivity contribution >= 4 is 9.84 Å². The van der Waals surface area contributed by atoms with Crippen LogP contribution >= 0.6 is 0 Å². The van der Waals surface area contributed by atoms with E-state index >= 15 is 0 Å². The average molecular weight is 394 g/mol. The van der Waals surface area contributed by atoms with Gasteiger partial charge in [-0.05, 0) is 84.0 Å². The summed E-state index contributed by atoms with van der Waals surface area (Å²) in [5, 5.41) is 0. The van der Waals surface area contributed by atoms with Crippen molar-refractivity contribution in [1.82, 2.24) is 0 Å². The van der Waals surface area contributed by atoms with E-state index in [9.17, 15) is 8.42 Å². The van der Waals surface area contributed by atoms with Gasteiger partial charge in [-0.15, -0.1) is 0 Å². The highest BCUT2D eigenvalue weighted by Crippen LogP contribution is 2.43. The summed E-state index contributed by atoms with van der Waals surface area (Å²) in [6.07, 6.45) is 1.21. The highest BCUT2D eigenvalue weighted by atomic mass is 32.2. The van der Waals surface area contributed by atoms with Gasteiger partial charge in [0.05, 0.1) is 4.90 Å². The molecule has 0 aliphatic carbocycles. The summed E-state index contributed by atoms with van der Waals surface area (Å²) in [4.78, 5) is 0.306. The number of hydrogen-bond donors (Lipinski definition) is 0. The summed E-state index contributed by atoms with van der Waals surface area (Å²) >= 11 is 0. The molecule has 0 radical (unpaired) electrons. The molecular formula is C23H22O4S. The van der Waals surface area contributed by atoms with Gasteiger partial charge in [-0.1, -0.05) is 24.3 Å². The molecule has 0 atom stereocenters. The Morgan fingerprint density at radius 3 is 1.75 bits per heavy atom. The molecule has 3 aromatic carbocycles. The predicted octanol–water partition coefficient (Wildman–Crippen LogP) is 5.08. The Balaban J connectivity index is 1.92. The summed E-state index contributed by atoms with van der Waals surface area (Å²) in [5.41, 5.74) is 7.77. The van der Waals surface area contributed by atoms with Crippen molar-refractivity contribution in [2.75, 3.05) is 13.0 Å². The van der Waals surface area contributed by atoms with E-state index in [4.69, 9.17) is 9.47 Å². The van der Waals surface area contributed by atoms with Crippen LogP contribution in [0.4, 0.5) is 0 Å². The normalized spacial score (nSPS) is 13.0. The first kappa shape index (κ1) is 18.6. The Hall–Kier alpha value is -2.79. The maximum absolute atomic E-state index is 11.8. The summed E-state index contributed by atoms with van der Waals surface area (Å²) in [7, 11) is -3.23. The average Bonchev–Trinajstić information content (AvgIpc) is 3.11. The molecule has 0 saturated heterocycles. The van der Waals surface area contributed by atoms with Crippen LogP contribution in [-0.2, 0) is 9.84 Å². The fourth-order valence-corrected chi connectivity index (χ4v) is 4.12. The summed E-state index contributed by atoms with van der Waals surface area (Å²) in [5.74, 6) is 1.42. The molecule has 0 N–H and O–H groups in total. The van der Waals surface area contributed by atoms with Crippen LogP contribution in [0.1, 0.15) is 16.7 Å². The second kappa shape index (κ2) is 6.67. The number of hydrogen-bond acceptors (Lipinski definition) is 4. The van der Waals surface area contributed by atoms with Crippen LogP contribution in [-0.4, -0.2) is 21.5 Å². The number of rotatable bonds is 3.